The van der Waals surface area contributed by atoms with Crippen molar-refractivity contribution < 1.29 is 17.9 Å². The van der Waals surface area contributed by atoms with E-state index in [9.17, 15) is 13.2 Å². The molecule has 0 bridgehead atoms. The molecule has 1 rings (SSSR count). The van der Waals surface area contributed by atoms with Gasteiger partial charge in [-0.1, -0.05) is 12.1 Å². The Morgan fingerprint density at radius 3 is 2.67 bits per heavy atom. The van der Waals surface area contributed by atoms with E-state index < -0.39 is 6.36 Å². The van der Waals surface area contributed by atoms with Gasteiger partial charge in [0.1, 0.15) is 5.75 Å². The summed E-state index contributed by atoms with van der Waals surface area (Å²) in [4.78, 5) is 0. The largest absolute Gasteiger partial charge is 0.573 e. The number of rotatable bonds is 4. The zero-order valence-corrected chi connectivity index (χ0v) is 10.5. The van der Waals surface area contributed by atoms with E-state index in [0.717, 1.165) is 5.56 Å². The maximum absolute atomic E-state index is 12.1. The molecule has 0 saturated carbocycles. The van der Waals surface area contributed by atoms with Crippen LogP contribution in [0.15, 0.2) is 18.2 Å². The van der Waals surface area contributed by atoms with Gasteiger partial charge in [0.15, 0.2) is 5.11 Å². The van der Waals surface area contributed by atoms with Crippen LogP contribution in [-0.2, 0) is 6.42 Å². The minimum Gasteiger partial charge on any atom is -0.406 e. The summed E-state index contributed by atoms with van der Waals surface area (Å²) in [5, 5.41) is 2.90. The SMILES string of the molecule is Cc1c(CCNC(N)=S)cccc1OC(F)(F)F. The molecule has 0 radical (unpaired) electrons. The highest BCUT2D eigenvalue weighted by molar-refractivity contribution is 7.80. The van der Waals surface area contributed by atoms with Crippen molar-refractivity contribution >= 4 is 17.3 Å². The Morgan fingerprint density at radius 2 is 2.11 bits per heavy atom. The molecule has 100 valence electrons. The molecule has 1 aromatic carbocycles. The number of nitrogens with two attached hydrogens (primary N) is 1. The van der Waals surface area contributed by atoms with Crippen LogP contribution in [0.2, 0.25) is 0 Å². The first-order valence-electron chi connectivity index (χ1n) is 5.17. The summed E-state index contributed by atoms with van der Waals surface area (Å²) >= 11 is 4.63. The van der Waals surface area contributed by atoms with E-state index in [0.29, 0.717) is 18.5 Å². The molecule has 3 N–H and O–H groups in total. The van der Waals surface area contributed by atoms with Crippen LogP contribution >= 0.6 is 12.2 Å². The predicted octanol–water partition coefficient (Wildman–Crippen LogP) is 2.27. The van der Waals surface area contributed by atoms with E-state index in [4.69, 9.17) is 5.73 Å². The zero-order valence-electron chi connectivity index (χ0n) is 9.67. The molecular weight excluding hydrogens is 265 g/mol. The summed E-state index contributed by atoms with van der Waals surface area (Å²) in [6.45, 7) is 2.04. The molecule has 0 aliphatic heterocycles. The van der Waals surface area contributed by atoms with Crippen LogP contribution in [0.4, 0.5) is 13.2 Å². The number of benzene rings is 1. The van der Waals surface area contributed by atoms with Crippen molar-refractivity contribution in [2.75, 3.05) is 6.54 Å². The van der Waals surface area contributed by atoms with Gasteiger partial charge in [0.25, 0.3) is 0 Å². The second kappa shape index (κ2) is 5.90. The molecule has 0 aliphatic carbocycles. The number of hydrogen-bond donors (Lipinski definition) is 2. The van der Waals surface area contributed by atoms with E-state index in [1.807, 2.05) is 0 Å². The lowest BCUT2D eigenvalue weighted by molar-refractivity contribution is -0.274. The van der Waals surface area contributed by atoms with Crippen molar-refractivity contribution in [2.24, 2.45) is 5.73 Å². The maximum Gasteiger partial charge on any atom is 0.573 e. The molecule has 18 heavy (non-hydrogen) atoms. The number of thiocarbonyl (C=S) groups is 1. The van der Waals surface area contributed by atoms with Gasteiger partial charge in [0.05, 0.1) is 0 Å². The van der Waals surface area contributed by atoms with E-state index in [-0.39, 0.29) is 10.9 Å². The van der Waals surface area contributed by atoms with Gasteiger partial charge >= 0.3 is 6.36 Å². The highest BCUT2D eigenvalue weighted by Gasteiger charge is 2.31. The highest BCUT2D eigenvalue weighted by Crippen LogP contribution is 2.27. The molecule has 0 fully saturated rings. The van der Waals surface area contributed by atoms with Crippen LogP contribution in [0, 0.1) is 6.92 Å². The first kappa shape index (κ1) is 14.6. The van der Waals surface area contributed by atoms with Gasteiger partial charge in [-0.25, -0.2) is 0 Å². The standard InChI is InChI=1S/C11H13F3N2OS/c1-7-8(5-6-16-10(15)18)3-2-4-9(7)17-11(12,13)14/h2-4H,5-6H2,1H3,(H3,15,16,18). The molecule has 1 aromatic rings. The van der Waals surface area contributed by atoms with Crippen LogP contribution in [0.5, 0.6) is 5.75 Å². The molecular formula is C11H13F3N2OS. The number of hydrogen-bond acceptors (Lipinski definition) is 2. The Hall–Kier alpha value is -1.50. The summed E-state index contributed by atoms with van der Waals surface area (Å²) in [6, 6.07) is 4.54. The minimum absolute atomic E-state index is 0.162. The van der Waals surface area contributed by atoms with Gasteiger partial charge in [0.2, 0.25) is 0 Å². The van der Waals surface area contributed by atoms with E-state index in [1.54, 1.807) is 13.0 Å². The minimum atomic E-state index is -4.68. The fourth-order valence-corrected chi connectivity index (χ4v) is 1.59. The fourth-order valence-electron chi connectivity index (χ4n) is 1.49. The molecule has 7 heteroatoms. The Balaban J connectivity index is 2.75. The van der Waals surface area contributed by atoms with E-state index in [1.165, 1.54) is 12.1 Å². The number of ether oxygens (including phenoxy) is 1. The first-order chi connectivity index (χ1) is 8.29. The Morgan fingerprint density at radius 1 is 1.44 bits per heavy atom. The van der Waals surface area contributed by atoms with Crippen LogP contribution in [0.25, 0.3) is 0 Å². The summed E-state index contributed by atoms with van der Waals surface area (Å²) in [5.74, 6) is -0.185. The normalized spacial score (nSPS) is 11.1. The summed E-state index contributed by atoms with van der Waals surface area (Å²) in [5.41, 5.74) is 6.46. The molecule has 0 aliphatic rings. The van der Waals surface area contributed by atoms with Crippen molar-refractivity contribution in [1.82, 2.24) is 5.32 Å². The van der Waals surface area contributed by atoms with Gasteiger partial charge in [0, 0.05) is 6.54 Å². The summed E-state index contributed by atoms with van der Waals surface area (Å²) in [6.07, 6.45) is -4.17. The Bertz CT molecular complexity index is 435. The molecule has 0 saturated heterocycles. The lowest BCUT2D eigenvalue weighted by Gasteiger charge is -2.14. The summed E-state index contributed by atoms with van der Waals surface area (Å²) < 4.78 is 40.4. The molecule has 0 spiro atoms. The lowest BCUT2D eigenvalue weighted by atomic mass is 10.0. The Kier molecular flexibility index (Phi) is 4.77. The summed E-state index contributed by atoms with van der Waals surface area (Å²) in [7, 11) is 0. The van der Waals surface area contributed by atoms with Gasteiger partial charge in [-0.2, -0.15) is 0 Å². The smallest absolute Gasteiger partial charge is 0.406 e. The predicted molar refractivity (Wildman–Crippen MR) is 66.4 cm³/mol. The fraction of sp³-hybridized carbons (Fsp3) is 0.364. The average molecular weight is 278 g/mol. The highest BCUT2D eigenvalue weighted by atomic mass is 32.1. The maximum atomic E-state index is 12.1. The molecule has 0 amide bonds. The third-order valence-corrected chi connectivity index (χ3v) is 2.46. The molecule has 0 atom stereocenters. The number of nitrogens with one attached hydrogen (secondary N) is 1. The zero-order chi connectivity index (χ0) is 13.8. The van der Waals surface area contributed by atoms with Crippen LogP contribution in [0.1, 0.15) is 11.1 Å². The van der Waals surface area contributed by atoms with Crippen LogP contribution in [-0.4, -0.2) is 18.0 Å². The molecule has 0 heterocycles. The monoisotopic (exact) mass is 278 g/mol. The second-order valence-electron chi connectivity index (χ2n) is 3.63. The van der Waals surface area contributed by atoms with Gasteiger partial charge in [-0.3, -0.25) is 0 Å². The number of alkyl halides is 3. The van der Waals surface area contributed by atoms with Gasteiger partial charge in [-0.05, 0) is 42.8 Å². The van der Waals surface area contributed by atoms with Crippen LogP contribution < -0.4 is 15.8 Å². The third kappa shape index (κ3) is 4.79. The van der Waals surface area contributed by atoms with Gasteiger partial charge < -0.3 is 15.8 Å². The first-order valence-corrected chi connectivity index (χ1v) is 5.58. The molecule has 3 nitrogen and oxygen atoms in total. The van der Waals surface area contributed by atoms with Crippen molar-refractivity contribution in [3.8, 4) is 5.75 Å². The van der Waals surface area contributed by atoms with Crippen LogP contribution in [0.3, 0.4) is 0 Å². The average Bonchev–Trinajstić information content (AvgIpc) is 2.21. The van der Waals surface area contributed by atoms with Crippen molar-refractivity contribution in [1.29, 1.82) is 0 Å². The van der Waals surface area contributed by atoms with Crippen molar-refractivity contribution in [3.63, 3.8) is 0 Å². The van der Waals surface area contributed by atoms with Gasteiger partial charge in [-0.15, -0.1) is 13.2 Å². The van der Waals surface area contributed by atoms with Crippen molar-refractivity contribution in [2.45, 2.75) is 19.7 Å². The second-order valence-corrected chi connectivity index (χ2v) is 4.07. The topological polar surface area (TPSA) is 47.3 Å². The number of halogens is 3. The Labute approximate surface area is 108 Å². The van der Waals surface area contributed by atoms with Crippen molar-refractivity contribution in [3.05, 3.63) is 29.3 Å². The van der Waals surface area contributed by atoms with E-state index in [2.05, 4.69) is 22.3 Å². The molecule has 0 aromatic heterocycles. The third-order valence-electron chi connectivity index (χ3n) is 2.32. The lowest BCUT2D eigenvalue weighted by Crippen LogP contribution is -2.30. The quantitative estimate of drug-likeness (QED) is 0.829. The molecule has 0 unspecified atom stereocenters. The van der Waals surface area contributed by atoms with E-state index >= 15 is 0 Å².